The molecule has 1 amide bonds. The zero-order chi connectivity index (χ0) is 19.5. The first kappa shape index (κ1) is 21.0. The molecule has 0 saturated heterocycles. The fourth-order valence-electron chi connectivity index (χ4n) is 1.95. The Labute approximate surface area is 150 Å². The van der Waals surface area contributed by atoms with Gasteiger partial charge < -0.3 is 25.0 Å². The second-order valence-electron chi connectivity index (χ2n) is 5.09. The number of hydrogen-bond acceptors (Lipinski definition) is 5. The minimum absolute atomic E-state index is 0.168. The highest BCUT2D eigenvalue weighted by Crippen LogP contribution is 2.21. The molecule has 1 heterocycles. The van der Waals surface area contributed by atoms with Gasteiger partial charge in [0.05, 0.1) is 25.0 Å². The summed E-state index contributed by atoms with van der Waals surface area (Å²) in [5.41, 5.74) is 0.823. The third kappa shape index (κ3) is 6.81. The van der Waals surface area contributed by atoms with Crippen molar-refractivity contribution in [3.05, 3.63) is 30.5 Å². The molecule has 142 valence electrons. The molecular weight excluding hydrogens is 344 g/mol. The fourth-order valence-corrected chi connectivity index (χ4v) is 1.95. The van der Waals surface area contributed by atoms with Crippen LogP contribution in [0.15, 0.2) is 30.5 Å². The van der Waals surface area contributed by atoms with E-state index >= 15 is 0 Å². The Bertz CT molecular complexity index is 741. The van der Waals surface area contributed by atoms with Crippen molar-refractivity contribution in [2.75, 3.05) is 27.4 Å². The van der Waals surface area contributed by atoms with Gasteiger partial charge in [-0.05, 0) is 18.2 Å². The van der Waals surface area contributed by atoms with Crippen molar-refractivity contribution >= 4 is 28.9 Å². The predicted molar refractivity (Wildman–Crippen MR) is 93.7 cm³/mol. The lowest BCUT2D eigenvalue weighted by Crippen LogP contribution is -2.23. The van der Waals surface area contributed by atoms with Gasteiger partial charge in [0.15, 0.2) is 0 Å². The van der Waals surface area contributed by atoms with E-state index in [1.165, 1.54) is 0 Å². The summed E-state index contributed by atoms with van der Waals surface area (Å²) in [5.74, 6) is -1.43. The van der Waals surface area contributed by atoms with Crippen LogP contribution in [0.2, 0.25) is 0 Å². The zero-order valence-electron chi connectivity index (χ0n) is 14.6. The van der Waals surface area contributed by atoms with Gasteiger partial charge in [-0.1, -0.05) is 0 Å². The van der Waals surface area contributed by atoms with Crippen molar-refractivity contribution in [1.29, 1.82) is 0 Å². The highest BCUT2D eigenvalue weighted by atomic mass is 16.5. The molecule has 2 aromatic rings. The molecular formula is C17H22N2O7. The zero-order valence-corrected chi connectivity index (χ0v) is 14.6. The number of ether oxygens (including phenoxy) is 2. The lowest BCUT2D eigenvalue weighted by Gasteiger charge is -2.07. The molecule has 0 aliphatic rings. The first-order chi connectivity index (χ1) is 12.4. The van der Waals surface area contributed by atoms with Crippen LogP contribution in [0.1, 0.15) is 12.8 Å². The maximum Gasteiger partial charge on any atom is 0.325 e. The summed E-state index contributed by atoms with van der Waals surface area (Å²) in [4.78, 5) is 30.9. The summed E-state index contributed by atoms with van der Waals surface area (Å²) in [6.07, 6.45) is 1.15. The van der Waals surface area contributed by atoms with Gasteiger partial charge in [-0.25, -0.2) is 4.79 Å². The number of carbonyl (C=O) groups is 3. The lowest BCUT2D eigenvalue weighted by atomic mass is 10.2. The largest absolute Gasteiger partial charge is 0.491 e. The lowest BCUT2D eigenvalue weighted by molar-refractivity contribution is -0.143. The Morgan fingerprint density at radius 3 is 2.27 bits per heavy atom. The number of benzene rings is 1. The van der Waals surface area contributed by atoms with Crippen molar-refractivity contribution < 1.29 is 34.1 Å². The minimum atomic E-state index is -1.08. The summed E-state index contributed by atoms with van der Waals surface area (Å²) in [6.45, 7) is 1.02. The predicted octanol–water partition coefficient (Wildman–Crippen LogP) is 1.79. The summed E-state index contributed by atoms with van der Waals surface area (Å²) in [6, 6.07) is 7.38. The summed E-state index contributed by atoms with van der Waals surface area (Å²) < 4.78 is 12.0. The summed E-state index contributed by atoms with van der Waals surface area (Å²) >= 11 is 0. The van der Waals surface area contributed by atoms with E-state index in [1.54, 1.807) is 24.9 Å². The molecule has 1 aromatic carbocycles. The van der Waals surface area contributed by atoms with Gasteiger partial charge in [-0.15, -0.1) is 0 Å². The number of carbonyl (C=O) groups excluding carboxylic acids is 1. The maximum atomic E-state index is 11.7. The van der Waals surface area contributed by atoms with E-state index in [4.69, 9.17) is 19.7 Å². The molecule has 0 aliphatic carbocycles. The number of hydrogen-bond donors (Lipinski definition) is 3. The van der Waals surface area contributed by atoms with Crippen LogP contribution in [-0.4, -0.2) is 60.1 Å². The summed E-state index contributed by atoms with van der Waals surface area (Å²) in [7, 11) is 3.23. The van der Waals surface area contributed by atoms with Crippen LogP contribution >= 0.6 is 0 Å². The number of methoxy groups -OCH3 is 1. The standard InChI is InChI=1S/C13H16N2O3.C4H6O4/c1-14-13(16)15-6-5-10-3-4-11(9-12(10)15)18-8-7-17-2;5-3(6)1-2-4(7)8/h3-6,9H,7-8H2,1-2H3,(H,14,16);1-2H2,(H,5,6)(H,7,8). The van der Waals surface area contributed by atoms with Gasteiger partial charge in [-0.2, -0.15) is 0 Å². The quantitative estimate of drug-likeness (QED) is 0.638. The van der Waals surface area contributed by atoms with Crippen LogP contribution < -0.4 is 10.1 Å². The van der Waals surface area contributed by atoms with E-state index in [0.29, 0.717) is 13.2 Å². The van der Waals surface area contributed by atoms with Crippen molar-refractivity contribution in [3.8, 4) is 5.75 Å². The molecule has 0 saturated carbocycles. The van der Waals surface area contributed by atoms with Crippen molar-refractivity contribution in [2.45, 2.75) is 12.8 Å². The topological polar surface area (TPSA) is 127 Å². The van der Waals surface area contributed by atoms with Gasteiger partial charge in [0, 0.05) is 31.8 Å². The normalized spacial score (nSPS) is 9.92. The Balaban J connectivity index is 0.000000359. The van der Waals surface area contributed by atoms with Crippen molar-refractivity contribution in [1.82, 2.24) is 9.88 Å². The molecule has 9 heteroatoms. The molecule has 1 aromatic heterocycles. The van der Waals surface area contributed by atoms with E-state index in [2.05, 4.69) is 5.32 Å². The van der Waals surface area contributed by atoms with E-state index in [0.717, 1.165) is 16.7 Å². The number of aromatic nitrogens is 1. The number of fused-ring (bicyclic) bond motifs is 1. The second kappa shape index (κ2) is 10.7. The third-order valence-electron chi connectivity index (χ3n) is 3.21. The van der Waals surface area contributed by atoms with E-state index in [-0.39, 0.29) is 18.9 Å². The van der Waals surface area contributed by atoms with Gasteiger partial charge in [0.25, 0.3) is 0 Å². The third-order valence-corrected chi connectivity index (χ3v) is 3.21. The second-order valence-corrected chi connectivity index (χ2v) is 5.09. The average molecular weight is 366 g/mol. The van der Waals surface area contributed by atoms with Crippen LogP contribution in [0.4, 0.5) is 4.79 Å². The van der Waals surface area contributed by atoms with Gasteiger partial charge >= 0.3 is 18.0 Å². The van der Waals surface area contributed by atoms with E-state index < -0.39 is 11.9 Å². The molecule has 3 N–H and O–H groups in total. The van der Waals surface area contributed by atoms with Crippen LogP contribution in [0.5, 0.6) is 5.75 Å². The molecule has 0 bridgehead atoms. The number of aliphatic carboxylic acids is 2. The fraction of sp³-hybridized carbons (Fsp3) is 0.353. The van der Waals surface area contributed by atoms with Crippen molar-refractivity contribution in [2.24, 2.45) is 0 Å². The minimum Gasteiger partial charge on any atom is -0.491 e. The number of carboxylic acids is 2. The number of rotatable bonds is 7. The Morgan fingerprint density at radius 2 is 1.73 bits per heavy atom. The van der Waals surface area contributed by atoms with Crippen LogP contribution in [0.25, 0.3) is 10.9 Å². The molecule has 2 rings (SSSR count). The molecule has 0 radical (unpaired) electrons. The van der Waals surface area contributed by atoms with Crippen LogP contribution in [0, 0.1) is 0 Å². The monoisotopic (exact) mass is 366 g/mol. The SMILES string of the molecule is CNC(=O)n1ccc2ccc(OCCOC)cc21.O=C(O)CCC(=O)O. The maximum absolute atomic E-state index is 11.7. The number of carboxylic acid groups (broad SMARTS) is 2. The highest BCUT2D eigenvalue weighted by molar-refractivity contribution is 5.92. The number of amides is 1. The van der Waals surface area contributed by atoms with Gasteiger partial charge in [0.1, 0.15) is 12.4 Å². The Hall–Kier alpha value is -3.07. The molecule has 0 aliphatic heterocycles. The van der Waals surface area contributed by atoms with E-state index in [9.17, 15) is 14.4 Å². The molecule has 9 nitrogen and oxygen atoms in total. The Kier molecular flexibility index (Phi) is 8.65. The number of nitrogens with zero attached hydrogens (tertiary/aromatic N) is 1. The molecule has 26 heavy (non-hydrogen) atoms. The molecule has 0 fully saturated rings. The van der Waals surface area contributed by atoms with Crippen LogP contribution in [-0.2, 0) is 14.3 Å². The van der Waals surface area contributed by atoms with E-state index in [1.807, 2.05) is 24.3 Å². The number of nitrogens with one attached hydrogen (secondary N) is 1. The van der Waals surface area contributed by atoms with Crippen LogP contribution in [0.3, 0.4) is 0 Å². The molecule has 0 unspecified atom stereocenters. The average Bonchev–Trinajstić information content (AvgIpc) is 3.03. The van der Waals surface area contributed by atoms with Crippen molar-refractivity contribution in [3.63, 3.8) is 0 Å². The smallest absolute Gasteiger partial charge is 0.325 e. The molecule has 0 atom stereocenters. The highest BCUT2D eigenvalue weighted by Gasteiger charge is 2.07. The summed E-state index contributed by atoms with van der Waals surface area (Å²) in [5, 5.41) is 19.4. The van der Waals surface area contributed by atoms with Gasteiger partial charge in [0.2, 0.25) is 0 Å². The van der Waals surface area contributed by atoms with Gasteiger partial charge in [-0.3, -0.25) is 14.2 Å². The Morgan fingerprint density at radius 1 is 1.08 bits per heavy atom. The molecule has 0 spiro atoms. The first-order valence-electron chi connectivity index (χ1n) is 7.77. The first-order valence-corrected chi connectivity index (χ1v) is 7.77.